The van der Waals surface area contributed by atoms with Gasteiger partial charge in [-0.2, -0.15) is 0 Å². The predicted octanol–water partition coefficient (Wildman–Crippen LogP) is 3.15. The number of nitrogens with zero attached hydrogens (tertiary/aromatic N) is 1. The number of carbonyl (C=O) groups excluding carboxylic acids is 1. The fourth-order valence-electron chi connectivity index (χ4n) is 1.73. The third-order valence-corrected chi connectivity index (χ3v) is 2.80. The molecule has 0 saturated carbocycles. The van der Waals surface area contributed by atoms with Gasteiger partial charge in [-0.1, -0.05) is 25.1 Å². The van der Waals surface area contributed by atoms with Crippen LogP contribution in [0.4, 0.5) is 0 Å². The third kappa shape index (κ3) is 3.44. The van der Waals surface area contributed by atoms with Crippen molar-refractivity contribution >= 4 is 5.97 Å². The second-order valence-corrected chi connectivity index (χ2v) is 4.21. The van der Waals surface area contributed by atoms with Crippen LogP contribution in [0.5, 0.6) is 0 Å². The van der Waals surface area contributed by atoms with Crippen LogP contribution >= 0.6 is 0 Å². The molecule has 0 radical (unpaired) electrons. The Morgan fingerprint density at radius 3 is 2.74 bits per heavy atom. The number of oxazole rings is 1. The lowest BCUT2D eigenvalue weighted by molar-refractivity contribution is -0.143. The molecule has 1 aromatic heterocycles. The van der Waals surface area contributed by atoms with Gasteiger partial charge < -0.3 is 9.15 Å². The Balaban J connectivity index is 2.03. The molecule has 4 nitrogen and oxygen atoms in total. The molecule has 0 unspecified atom stereocenters. The molecule has 0 saturated heterocycles. The predicted molar refractivity (Wildman–Crippen MR) is 71.6 cm³/mol. The van der Waals surface area contributed by atoms with E-state index in [1.165, 1.54) is 0 Å². The summed E-state index contributed by atoms with van der Waals surface area (Å²) in [5.41, 5.74) is 1.78. The van der Waals surface area contributed by atoms with Crippen LogP contribution in [-0.2, 0) is 16.0 Å². The van der Waals surface area contributed by atoms with E-state index < -0.39 is 0 Å². The van der Waals surface area contributed by atoms with Gasteiger partial charge in [-0.25, -0.2) is 4.98 Å². The maximum Gasteiger partial charge on any atom is 0.305 e. The van der Waals surface area contributed by atoms with E-state index in [9.17, 15) is 4.79 Å². The Kier molecular flexibility index (Phi) is 4.34. The lowest BCUT2D eigenvalue weighted by Gasteiger charge is -2.00. The van der Waals surface area contributed by atoms with Gasteiger partial charge in [0.2, 0.25) is 5.89 Å². The van der Waals surface area contributed by atoms with Crippen molar-refractivity contribution in [2.45, 2.75) is 26.7 Å². The summed E-state index contributed by atoms with van der Waals surface area (Å²) in [5.74, 6) is 1.19. The summed E-state index contributed by atoms with van der Waals surface area (Å²) in [6, 6.07) is 9.73. The van der Waals surface area contributed by atoms with Crippen LogP contribution in [-0.4, -0.2) is 17.6 Å². The first-order valence-electron chi connectivity index (χ1n) is 6.38. The molecular weight excluding hydrogens is 242 g/mol. The molecule has 0 spiro atoms. The molecule has 0 aliphatic carbocycles. The number of rotatable bonds is 5. The van der Waals surface area contributed by atoms with Crippen LogP contribution in [0.1, 0.15) is 24.8 Å². The van der Waals surface area contributed by atoms with Crippen LogP contribution < -0.4 is 0 Å². The van der Waals surface area contributed by atoms with E-state index in [1.807, 2.05) is 37.3 Å². The van der Waals surface area contributed by atoms with E-state index in [4.69, 9.17) is 9.15 Å². The Morgan fingerprint density at radius 1 is 1.32 bits per heavy atom. The van der Waals surface area contributed by atoms with E-state index in [1.54, 1.807) is 6.92 Å². The molecule has 4 heteroatoms. The largest absolute Gasteiger partial charge is 0.465 e. The van der Waals surface area contributed by atoms with Gasteiger partial charge in [0, 0.05) is 18.4 Å². The Bertz CT molecular complexity index is 546. The van der Waals surface area contributed by atoms with Gasteiger partial charge in [-0.05, 0) is 19.1 Å². The summed E-state index contributed by atoms with van der Waals surface area (Å²) < 4.78 is 10.7. The lowest BCUT2D eigenvalue weighted by atomic mass is 10.2. The molecule has 100 valence electrons. The van der Waals surface area contributed by atoms with Gasteiger partial charge >= 0.3 is 5.97 Å². The van der Waals surface area contributed by atoms with Crippen LogP contribution in [0.2, 0.25) is 0 Å². The Hall–Kier alpha value is -2.10. The highest BCUT2D eigenvalue weighted by Crippen LogP contribution is 2.21. The first kappa shape index (κ1) is 13.3. The number of aryl methyl sites for hydroxylation is 1. The monoisotopic (exact) mass is 259 g/mol. The summed E-state index contributed by atoms with van der Waals surface area (Å²) in [6.07, 6.45) is 0.973. The summed E-state index contributed by atoms with van der Waals surface area (Å²) in [6.45, 7) is 3.99. The van der Waals surface area contributed by atoms with Gasteiger partial charge in [0.25, 0.3) is 0 Å². The number of benzene rings is 1. The van der Waals surface area contributed by atoms with E-state index in [2.05, 4.69) is 4.98 Å². The van der Waals surface area contributed by atoms with E-state index >= 15 is 0 Å². The highest BCUT2D eigenvalue weighted by molar-refractivity contribution is 5.68. The van der Waals surface area contributed by atoms with E-state index in [0.717, 1.165) is 17.0 Å². The maximum absolute atomic E-state index is 11.0. The average molecular weight is 259 g/mol. The molecule has 2 aromatic rings. The number of aromatic nitrogens is 1. The molecule has 0 N–H and O–H groups in total. The Labute approximate surface area is 112 Å². The molecule has 1 aromatic carbocycles. The molecule has 0 bridgehead atoms. The summed E-state index contributed by atoms with van der Waals surface area (Å²) >= 11 is 0. The highest BCUT2D eigenvalue weighted by Gasteiger charge is 2.11. The smallest absolute Gasteiger partial charge is 0.305 e. The fourth-order valence-corrected chi connectivity index (χ4v) is 1.73. The molecule has 0 aliphatic rings. The van der Waals surface area contributed by atoms with Crippen molar-refractivity contribution in [3.05, 3.63) is 41.8 Å². The number of hydrogen-bond acceptors (Lipinski definition) is 4. The standard InChI is InChI=1S/C15H17NO3/c1-3-14(17)18-10-9-13-11(2)19-15(16-13)12-7-5-4-6-8-12/h4-8H,3,9-10H2,1-2H3. The molecule has 0 amide bonds. The minimum Gasteiger partial charge on any atom is -0.465 e. The highest BCUT2D eigenvalue weighted by atomic mass is 16.5. The first-order chi connectivity index (χ1) is 9.20. The SMILES string of the molecule is CCC(=O)OCCc1nc(-c2ccccc2)oc1C. The van der Waals surface area contributed by atoms with Gasteiger partial charge in [-0.3, -0.25) is 4.79 Å². The fraction of sp³-hybridized carbons (Fsp3) is 0.333. The molecular formula is C15H17NO3. The molecule has 2 rings (SSSR count). The second kappa shape index (κ2) is 6.18. The molecule has 0 atom stereocenters. The van der Waals surface area contributed by atoms with Gasteiger partial charge in [0.1, 0.15) is 5.76 Å². The number of esters is 1. The lowest BCUT2D eigenvalue weighted by Crippen LogP contribution is -2.06. The quantitative estimate of drug-likeness (QED) is 0.774. The van der Waals surface area contributed by atoms with Crippen molar-refractivity contribution in [2.24, 2.45) is 0 Å². The Morgan fingerprint density at radius 2 is 2.05 bits per heavy atom. The number of carbonyl (C=O) groups is 1. The van der Waals surface area contributed by atoms with Crippen LogP contribution in [0.15, 0.2) is 34.7 Å². The van der Waals surface area contributed by atoms with Crippen molar-refractivity contribution in [1.82, 2.24) is 4.98 Å². The van der Waals surface area contributed by atoms with Crippen molar-refractivity contribution in [3.8, 4) is 11.5 Å². The minimum absolute atomic E-state index is 0.190. The average Bonchev–Trinajstić information content (AvgIpc) is 2.81. The molecule has 19 heavy (non-hydrogen) atoms. The number of hydrogen-bond donors (Lipinski definition) is 0. The summed E-state index contributed by atoms with van der Waals surface area (Å²) in [4.78, 5) is 15.5. The van der Waals surface area contributed by atoms with Crippen LogP contribution in [0.25, 0.3) is 11.5 Å². The second-order valence-electron chi connectivity index (χ2n) is 4.21. The van der Waals surface area contributed by atoms with Crippen LogP contribution in [0.3, 0.4) is 0 Å². The van der Waals surface area contributed by atoms with Crippen molar-refractivity contribution in [1.29, 1.82) is 0 Å². The van der Waals surface area contributed by atoms with Gasteiger partial charge in [0.15, 0.2) is 0 Å². The van der Waals surface area contributed by atoms with E-state index in [0.29, 0.717) is 25.3 Å². The zero-order valence-corrected chi connectivity index (χ0v) is 11.2. The summed E-state index contributed by atoms with van der Waals surface area (Å²) in [7, 11) is 0. The summed E-state index contributed by atoms with van der Waals surface area (Å²) in [5, 5.41) is 0. The minimum atomic E-state index is -0.190. The maximum atomic E-state index is 11.0. The normalized spacial score (nSPS) is 10.4. The molecule has 0 aliphatic heterocycles. The zero-order valence-electron chi connectivity index (χ0n) is 11.2. The topological polar surface area (TPSA) is 52.3 Å². The number of ether oxygens (including phenoxy) is 1. The van der Waals surface area contributed by atoms with E-state index in [-0.39, 0.29) is 5.97 Å². The van der Waals surface area contributed by atoms with Gasteiger partial charge in [0.05, 0.1) is 12.3 Å². The van der Waals surface area contributed by atoms with Crippen LogP contribution in [0, 0.1) is 6.92 Å². The van der Waals surface area contributed by atoms with Gasteiger partial charge in [-0.15, -0.1) is 0 Å². The van der Waals surface area contributed by atoms with Crippen molar-refractivity contribution < 1.29 is 13.9 Å². The molecule has 0 fully saturated rings. The van der Waals surface area contributed by atoms with Crippen molar-refractivity contribution in [2.75, 3.05) is 6.61 Å². The zero-order chi connectivity index (χ0) is 13.7. The molecule has 1 heterocycles. The first-order valence-corrected chi connectivity index (χ1v) is 6.38. The van der Waals surface area contributed by atoms with Crippen molar-refractivity contribution in [3.63, 3.8) is 0 Å². The third-order valence-electron chi connectivity index (χ3n) is 2.80.